The third-order valence-corrected chi connectivity index (χ3v) is 0. The van der Waals surface area contributed by atoms with Gasteiger partial charge in [0.25, 0.3) is 0 Å². The van der Waals surface area contributed by atoms with E-state index in [4.69, 9.17) is 28.0 Å². The van der Waals surface area contributed by atoms with Crippen molar-refractivity contribution in [1.29, 1.82) is 0 Å². The summed E-state index contributed by atoms with van der Waals surface area (Å²) in [5.41, 5.74) is 0. The molecule has 0 saturated heterocycles. The molecule has 0 aromatic heterocycles. The first-order valence-corrected chi connectivity index (χ1v) is 2.78. The molecule has 52 valence electrons. The molecular weight excluding hydrogens is 181 g/mol. The van der Waals surface area contributed by atoms with Gasteiger partial charge in [0.2, 0.25) is 0 Å². The molecule has 10 heteroatoms. The van der Waals surface area contributed by atoms with Gasteiger partial charge in [-0.15, -0.1) is 0 Å². The molecule has 0 rings (SSSR count). The standard InChI is InChI=1S/2ClO3.2Li/c2*2-1(3)4;;/q2*-1;2*+1. The maximum absolute atomic E-state index is 8.41. The van der Waals surface area contributed by atoms with Crippen molar-refractivity contribution in [2.24, 2.45) is 0 Å². The SMILES string of the molecule is [Li+].[Li+].[O-][Cl+2]([O-])[O-].[O-][Cl+2]([O-])[O-]. The fraction of sp³-hybridized carbons (Fsp3) is 0. The maximum Gasteiger partial charge on any atom is 1.00 e. The van der Waals surface area contributed by atoms with E-state index in [1.807, 2.05) is 0 Å². The summed E-state index contributed by atoms with van der Waals surface area (Å²) in [5, 5.41) is 0. The normalized spacial score (nSPS) is 7.20. The Morgan fingerprint density at radius 3 is 0.500 bits per heavy atom. The largest absolute Gasteiger partial charge is 1.00 e. The predicted octanol–water partition coefficient (Wildman–Crippen LogP) is -13.1. The second-order valence-corrected chi connectivity index (χ2v) is 1.13. The summed E-state index contributed by atoms with van der Waals surface area (Å²) in [6.07, 6.45) is 0. The molecule has 0 amide bonds. The Labute approximate surface area is 87.0 Å². The second-order valence-electron chi connectivity index (χ2n) is 0.378. The third kappa shape index (κ3) is 295. The number of hydrogen-bond donors (Lipinski definition) is 0. The van der Waals surface area contributed by atoms with E-state index in [9.17, 15) is 0 Å². The Kier molecular flexibility index (Phi) is 38.0. The van der Waals surface area contributed by atoms with Gasteiger partial charge in [-0.3, -0.25) is 0 Å². The Bertz CT molecular complexity index is 29.2. The molecule has 0 aliphatic heterocycles. The minimum Gasteiger partial charge on any atom is -0.357 e. The number of rotatable bonds is 0. The van der Waals surface area contributed by atoms with Crippen LogP contribution in [0.5, 0.6) is 0 Å². The van der Waals surface area contributed by atoms with Gasteiger partial charge >= 0.3 is 37.7 Å². The van der Waals surface area contributed by atoms with Crippen LogP contribution in [0.4, 0.5) is 0 Å². The molecule has 0 aliphatic rings. The summed E-state index contributed by atoms with van der Waals surface area (Å²) >= 11 is 0. The molecular formula is Cl2Li2O6. The van der Waals surface area contributed by atoms with Gasteiger partial charge in [-0.05, 0) is 0 Å². The molecule has 0 radical (unpaired) electrons. The predicted molar refractivity (Wildman–Crippen MR) is 0 cm³/mol. The van der Waals surface area contributed by atoms with Gasteiger partial charge in [0, 0.05) is 0 Å². The molecule has 0 bridgehead atoms. The molecule has 0 unspecified atom stereocenters. The van der Waals surface area contributed by atoms with Crippen LogP contribution in [0.15, 0.2) is 0 Å². The topological polar surface area (TPSA) is 138 Å². The summed E-state index contributed by atoms with van der Waals surface area (Å²) in [7, 11) is -5.70. The van der Waals surface area contributed by atoms with Crippen LogP contribution in [0.1, 0.15) is 0 Å². The van der Waals surface area contributed by atoms with Crippen LogP contribution in [-0.2, 0) is 0 Å². The van der Waals surface area contributed by atoms with Crippen LogP contribution in [-0.4, -0.2) is 0 Å². The zero-order valence-corrected chi connectivity index (χ0v) is 6.72. The molecule has 0 aliphatic carbocycles. The summed E-state index contributed by atoms with van der Waals surface area (Å²) in [6, 6.07) is 0. The fourth-order valence-corrected chi connectivity index (χ4v) is 0. The van der Waals surface area contributed by atoms with Gasteiger partial charge in [-0.1, -0.05) is 0 Å². The van der Waals surface area contributed by atoms with Crippen molar-refractivity contribution in [3.8, 4) is 0 Å². The molecule has 0 saturated carbocycles. The van der Waals surface area contributed by atoms with Crippen molar-refractivity contribution in [3.63, 3.8) is 0 Å². The monoisotopic (exact) mass is 180 g/mol. The Morgan fingerprint density at radius 1 is 0.500 bits per heavy atom. The van der Waals surface area contributed by atoms with Crippen molar-refractivity contribution in [3.05, 3.63) is 0 Å². The average molecular weight is 181 g/mol. The van der Waals surface area contributed by atoms with Crippen molar-refractivity contribution < 1.29 is 87.2 Å². The summed E-state index contributed by atoms with van der Waals surface area (Å²) in [4.78, 5) is 0. The van der Waals surface area contributed by atoms with E-state index in [2.05, 4.69) is 0 Å². The van der Waals surface area contributed by atoms with E-state index in [1.165, 1.54) is 0 Å². The minimum atomic E-state index is -2.85. The van der Waals surface area contributed by atoms with E-state index < -0.39 is 21.6 Å². The summed E-state index contributed by atoms with van der Waals surface area (Å²) < 4.78 is 50.4. The minimum absolute atomic E-state index is 0. The van der Waals surface area contributed by atoms with E-state index in [0.717, 1.165) is 0 Å². The van der Waals surface area contributed by atoms with Crippen LogP contribution in [0.25, 0.3) is 0 Å². The fourth-order valence-electron chi connectivity index (χ4n) is 0. The Morgan fingerprint density at radius 2 is 0.500 bits per heavy atom. The Balaban J connectivity index is -0.0000000300. The van der Waals surface area contributed by atoms with Gasteiger partial charge in [0.05, 0.1) is 21.6 Å². The van der Waals surface area contributed by atoms with E-state index in [-0.39, 0.29) is 37.7 Å². The first-order chi connectivity index (χ1) is 3.46. The molecule has 0 N–H and O–H groups in total. The smallest absolute Gasteiger partial charge is 0.357 e. The molecule has 0 aromatic rings. The van der Waals surface area contributed by atoms with E-state index in [1.54, 1.807) is 0 Å². The summed E-state index contributed by atoms with van der Waals surface area (Å²) in [6.45, 7) is 0. The molecule has 6 nitrogen and oxygen atoms in total. The first kappa shape index (κ1) is 22.5. The third-order valence-electron chi connectivity index (χ3n) is 0. The molecule has 0 fully saturated rings. The van der Waals surface area contributed by atoms with Crippen LogP contribution >= 0.6 is 0 Å². The van der Waals surface area contributed by atoms with Gasteiger partial charge in [0.1, 0.15) is 0 Å². The molecule has 0 atom stereocenters. The molecule has 0 heterocycles. The van der Waals surface area contributed by atoms with Gasteiger partial charge in [-0.25, -0.2) is 0 Å². The molecule has 0 spiro atoms. The summed E-state index contributed by atoms with van der Waals surface area (Å²) in [5.74, 6) is 0. The van der Waals surface area contributed by atoms with Crippen molar-refractivity contribution in [2.75, 3.05) is 0 Å². The van der Waals surface area contributed by atoms with Crippen LogP contribution < -0.4 is 65.7 Å². The van der Waals surface area contributed by atoms with E-state index >= 15 is 0 Å². The van der Waals surface area contributed by atoms with Crippen molar-refractivity contribution in [1.82, 2.24) is 0 Å². The quantitative estimate of drug-likeness (QED) is 0.339. The second kappa shape index (κ2) is 16.9. The molecule has 10 heavy (non-hydrogen) atoms. The Hall–Kier alpha value is 1.53. The van der Waals surface area contributed by atoms with Crippen molar-refractivity contribution >= 4 is 0 Å². The maximum atomic E-state index is 8.41. The van der Waals surface area contributed by atoms with Gasteiger partial charge in [0.15, 0.2) is 0 Å². The van der Waals surface area contributed by atoms with Gasteiger partial charge < -0.3 is 28.0 Å². The number of hydrogen-bond acceptors (Lipinski definition) is 6. The zero-order chi connectivity index (χ0) is 7.15. The zero-order valence-electron chi connectivity index (χ0n) is 5.21. The van der Waals surface area contributed by atoms with Crippen LogP contribution in [0.2, 0.25) is 0 Å². The first-order valence-electron chi connectivity index (χ1n) is 0.926. The number of halogens is 2. The van der Waals surface area contributed by atoms with Gasteiger partial charge in [-0.2, -0.15) is 0 Å². The molecule has 0 aromatic carbocycles. The van der Waals surface area contributed by atoms with E-state index in [0.29, 0.717) is 0 Å². The van der Waals surface area contributed by atoms with Crippen LogP contribution in [0.3, 0.4) is 0 Å². The van der Waals surface area contributed by atoms with Crippen molar-refractivity contribution in [2.45, 2.75) is 0 Å². The van der Waals surface area contributed by atoms with Crippen LogP contribution in [0, 0.1) is 21.6 Å². The average Bonchev–Trinajstić information content (AvgIpc) is 1.25.